The normalized spacial score (nSPS) is 16.4. The highest BCUT2D eigenvalue weighted by Gasteiger charge is 2.30. The van der Waals surface area contributed by atoms with Crippen LogP contribution >= 0.6 is 0 Å². The number of ether oxygens (including phenoxy) is 2. The van der Waals surface area contributed by atoms with Gasteiger partial charge in [0.25, 0.3) is 0 Å². The van der Waals surface area contributed by atoms with Crippen LogP contribution in [0.1, 0.15) is 18.9 Å². The Labute approximate surface area is 133 Å². The molecule has 0 spiro atoms. The van der Waals surface area contributed by atoms with Crippen molar-refractivity contribution in [2.45, 2.75) is 19.4 Å². The number of carbonyl (C=O) groups excluding carboxylic acids is 1. The van der Waals surface area contributed by atoms with Gasteiger partial charge in [-0.05, 0) is 25.1 Å². The Morgan fingerprint density at radius 1 is 1.30 bits per heavy atom. The van der Waals surface area contributed by atoms with E-state index in [0.29, 0.717) is 30.4 Å². The molecule has 1 unspecified atom stereocenters. The van der Waals surface area contributed by atoms with E-state index in [1.807, 2.05) is 36.4 Å². The fourth-order valence-electron chi connectivity index (χ4n) is 2.18. The topological polar surface area (TPSA) is 70.0 Å². The molecule has 0 saturated carbocycles. The summed E-state index contributed by atoms with van der Waals surface area (Å²) in [5.74, 6) is 0.759. The smallest absolute Gasteiger partial charge is 0.350 e. The largest absolute Gasteiger partial charge is 0.463 e. The second-order valence-corrected chi connectivity index (χ2v) is 4.89. The molecule has 0 amide bonds. The average Bonchev–Trinajstić information content (AvgIpc) is 3.06. The zero-order valence-corrected chi connectivity index (χ0v) is 12.6. The van der Waals surface area contributed by atoms with Crippen LogP contribution in [0.25, 0.3) is 0 Å². The second-order valence-electron chi connectivity index (χ2n) is 4.89. The SMILES string of the molecule is CCOC(=O)C1CC(c2cccc(Oc3ccccn3)c2)=NO1. The van der Waals surface area contributed by atoms with Gasteiger partial charge < -0.3 is 14.3 Å². The molecule has 0 radical (unpaired) electrons. The molecule has 2 aromatic rings. The van der Waals surface area contributed by atoms with Crippen molar-refractivity contribution in [3.8, 4) is 11.6 Å². The molecule has 0 N–H and O–H groups in total. The third-order valence-corrected chi connectivity index (χ3v) is 3.25. The molecule has 6 nitrogen and oxygen atoms in total. The van der Waals surface area contributed by atoms with E-state index in [0.717, 1.165) is 5.56 Å². The number of hydrogen-bond acceptors (Lipinski definition) is 6. The van der Waals surface area contributed by atoms with E-state index < -0.39 is 12.1 Å². The molecule has 1 aromatic carbocycles. The van der Waals surface area contributed by atoms with Gasteiger partial charge in [0.15, 0.2) is 0 Å². The Balaban J connectivity index is 1.70. The third kappa shape index (κ3) is 3.66. The Morgan fingerprint density at radius 2 is 2.22 bits per heavy atom. The molecule has 1 atom stereocenters. The maximum atomic E-state index is 11.7. The average molecular weight is 312 g/mol. The summed E-state index contributed by atoms with van der Waals surface area (Å²) in [5.41, 5.74) is 1.53. The monoisotopic (exact) mass is 312 g/mol. The van der Waals surface area contributed by atoms with E-state index in [1.54, 1.807) is 19.2 Å². The number of nitrogens with zero attached hydrogens (tertiary/aromatic N) is 2. The van der Waals surface area contributed by atoms with Gasteiger partial charge in [0.05, 0.1) is 12.3 Å². The highest BCUT2D eigenvalue weighted by molar-refractivity contribution is 6.03. The van der Waals surface area contributed by atoms with Crippen molar-refractivity contribution in [3.63, 3.8) is 0 Å². The summed E-state index contributed by atoms with van der Waals surface area (Å²) >= 11 is 0. The summed E-state index contributed by atoms with van der Waals surface area (Å²) in [6, 6.07) is 12.9. The first kappa shape index (κ1) is 15.0. The maximum Gasteiger partial charge on any atom is 0.350 e. The van der Waals surface area contributed by atoms with Crippen molar-refractivity contribution in [1.29, 1.82) is 0 Å². The Hall–Kier alpha value is -2.89. The van der Waals surface area contributed by atoms with E-state index >= 15 is 0 Å². The first-order valence-electron chi connectivity index (χ1n) is 7.35. The molecule has 1 aromatic heterocycles. The molecule has 0 fully saturated rings. The Kier molecular flexibility index (Phi) is 4.52. The Morgan fingerprint density at radius 3 is 3.00 bits per heavy atom. The highest BCUT2D eigenvalue weighted by Crippen LogP contribution is 2.23. The highest BCUT2D eigenvalue weighted by atomic mass is 16.7. The van der Waals surface area contributed by atoms with Crippen LogP contribution < -0.4 is 4.74 Å². The minimum atomic E-state index is -0.676. The van der Waals surface area contributed by atoms with Crippen molar-refractivity contribution < 1.29 is 19.1 Å². The number of pyridine rings is 1. The lowest BCUT2D eigenvalue weighted by Crippen LogP contribution is -2.23. The van der Waals surface area contributed by atoms with Gasteiger partial charge in [-0.3, -0.25) is 0 Å². The van der Waals surface area contributed by atoms with E-state index in [1.165, 1.54) is 0 Å². The summed E-state index contributed by atoms with van der Waals surface area (Å²) < 4.78 is 10.6. The lowest BCUT2D eigenvalue weighted by atomic mass is 10.0. The number of rotatable bonds is 5. The van der Waals surface area contributed by atoms with Crippen LogP contribution in [0.3, 0.4) is 0 Å². The molecule has 6 heteroatoms. The summed E-state index contributed by atoms with van der Waals surface area (Å²) in [4.78, 5) is 20.9. The molecule has 0 bridgehead atoms. The number of aromatic nitrogens is 1. The van der Waals surface area contributed by atoms with Crippen molar-refractivity contribution in [2.24, 2.45) is 5.16 Å². The van der Waals surface area contributed by atoms with Crippen LogP contribution in [0, 0.1) is 0 Å². The summed E-state index contributed by atoms with van der Waals surface area (Å²) in [7, 11) is 0. The van der Waals surface area contributed by atoms with Crippen LogP contribution in [0.2, 0.25) is 0 Å². The predicted molar refractivity (Wildman–Crippen MR) is 83.4 cm³/mol. The third-order valence-electron chi connectivity index (χ3n) is 3.25. The van der Waals surface area contributed by atoms with Gasteiger partial charge >= 0.3 is 5.97 Å². The van der Waals surface area contributed by atoms with E-state index in [-0.39, 0.29) is 0 Å². The van der Waals surface area contributed by atoms with Crippen molar-refractivity contribution in [2.75, 3.05) is 6.61 Å². The van der Waals surface area contributed by atoms with E-state index in [4.69, 9.17) is 14.3 Å². The van der Waals surface area contributed by atoms with Crippen LogP contribution in [-0.2, 0) is 14.4 Å². The quantitative estimate of drug-likeness (QED) is 0.794. The number of oxime groups is 1. The molecule has 118 valence electrons. The molecule has 0 aliphatic carbocycles. The summed E-state index contributed by atoms with van der Waals surface area (Å²) in [6.07, 6.45) is 1.37. The van der Waals surface area contributed by atoms with Crippen LogP contribution in [-0.4, -0.2) is 29.4 Å². The molecule has 3 rings (SSSR count). The minimum Gasteiger partial charge on any atom is -0.463 e. The molecule has 0 saturated heterocycles. The minimum absolute atomic E-state index is 0.321. The van der Waals surface area contributed by atoms with Gasteiger partial charge in [0.1, 0.15) is 5.75 Å². The number of carbonyl (C=O) groups is 1. The van der Waals surface area contributed by atoms with Crippen LogP contribution in [0.5, 0.6) is 11.6 Å². The van der Waals surface area contributed by atoms with Crippen LogP contribution in [0.4, 0.5) is 0 Å². The van der Waals surface area contributed by atoms with E-state index in [2.05, 4.69) is 10.1 Å². The zero-order chi connectivity index (χ0) is 16.1. The first-order chi connectivity index (χ1) is 11.3. The number of benzene rings is 1. The van der Waals surface area contributed by atoms with Gasteiger partial charge in [0.2, 0.25) is 12.0 Å². The van der Waals surface area contributed by atoms with Gasteiger partial charge in [-0.15, -0.1) is 0 Å². The van der Waals surface area contributed by atoms with Gasteiger partial charge in [-0.25, -0.2) is 9.78 Å². The standard InChI is InChI=1S/C17H16N2O4/c1-2-21-17(20)15-11-14(19-23-15)12-6-5-7-13(10-12)22-16-8-3-4-9-18-16/h3-10,15H,2,11H2,1H3. The number of hydrogen-bond donors (Lipinski definition) is 0. The summed E-state index contributed by atoms with van der Waals surface area (Å²) in [6.45, 7) is 2.08. The van der Waals surface area contributed by atoms with Crippen molar-refractivity contribution in [1.82, 2.24) is 4.98 Å². The second kappa shape index (κ2) is 6.91. The molecule has 1 aliphatic rings. The molecule has 23 heavy (non-hydrogen) atoms. The van der Waals surface area contributed by atoms with E-state index in [9.17, 15) is 4.79 Å². The van der Waals surface area contributed by atoms with Crippen LogP contribution in [0.15, 0.2) is 53.8 Å². The predicted octanol–water partition coefficient (Wildman–Crippen LogP) is 2.93. The molecule has 1 aliphatic heterocycles. The lowest BCUT2D eigenvalue weighted by Gasteiger charge is -2.07. The van der Waals surface area contributed by atoms with Gasteiger partial charge in [-0.1, -0.05) is 23.4 Å². The molecule has 2 heterocycles. The fraction of sp³-hybridized carbons (Fsp3) is 0.235. The zero-order valence-electron chi connectivity index (χ0n) is 12.6. The fourth-order valence-corrected chi connectivity index (χ4v) is 2.18. The van der Waals surface area contributed by atoms with Crippen molar-refractivity contribution >= 4 is 11.7 Å². The van der Waals surface area contributed by atoms with Gasteiger partial charge in [0, 0.05) is 24.2 Å². The summed E-state index contributed by atoms with van der Waals surface area (Å²) in [5, 5.41) is 3.98. The van der Waals surface area contributed by atoms with Gasteiger partial charge in [-0.2, -0.15) is 0 Å². The molecular formula is C17H16N2O4. The number of esters is 1. The maximum absolute atomic E-state index is 11.7. The lowest BCUT2D eigenvalue weighted by molar-refractivity contribution is -0.154. The first-order valence-corrected chi connectivity index (χ1v) is 7.35. The molecular weight excluding hydrogens is 296 g/mol. The Bertz CT molecular complexity index is 716. The van der Waals surface area contributed by atoms with Crippen molar-refractivity contribution in [3.05, 3.63) is 54.2 Å².